The van der Waals surface area contributed by atoms with Crippen molar-refractivity contribution >= 4 is 22.7 Å². The minimum absolute atomic E-state index is 0.0806. The van der Waals surface area contributed by atoms with E-state index in [9.17, 15) is 18.8 Å². The van der Waals surface area contributed by atoms with Crippen LogP contribution in [0, 0.1) is 11.7 Å². The maximum Gasteiger partial charge on any atom is 0.322 e. The highest BCUT2D eigenvalue weighted by molar-refractivity contribution is 6.04. The van der Waals surface area contributed by atoms with E-state index in [0.717, 1.165) is 5.39 Å². The number of nitrogens with one attached hydrogen (secondary N) is 3. The summed E-state index contributed by atoms with van der Waals surface area (Å²) in [4.78, 5) is 39.1. The summed E-state index contributed by atoms with van der Waals surface area (Å²) in [5.74, 6) is -0.829. The molecule has 2 aromatic carbocycles. The maximum absolute atomic E-state index is 14.1. The monoisotopic (exact) mass is 407 g/mol. The number of urea groups is 1. The first-order valence-electron chi connectivity index (χ1n) is 9.86. The maximum atomic E-state index is 14.1. The second kappa shape index (κ2) is 7.74. The van der Waals surface area contributed by atoms with Gasteiger partial charge in [0, 0.05) is 16.6 Å². The summed E-state index contributed by atoms with van der Waals surface area (Å²) >= 11 is 0. The van der Waals surface area contributed by atoms with Crippen LogP contribution in [0.15, 0.2) is 53.3 Å². The number of carbonyl (C=O) groups excluding carboxylic acids is 2. The van der Waals surface area contributed by atoms with Gasteiger partial charge in [-0.1, -0.05) is 44.2 Å². The molecular formula is C23H22FN3O3. The first-order chi connectivity index (χ1) is 14.3. The standard InChI is InChI=1S/C23H22FN3O3/c1-12(2)16(11-20-22(29)27-23(30)26-20)15-8-9-19(25-21(15)28)14-7-6-13-4-3-5-18(24)17(13)10-14/h3-10,12,16,20H,11H2,1-2H3,(H,25,28)(H2,26,27,29,30). The van der Waals surface area contributed by atoms with E-state index >= 15 is 0 Å². The SMILES string of the molecule is CC(C)C(CC1NC(=O)NC1=O)c1ccc(-c2ccc3cccc(F)c3c2)[nH]c1=O. The van der Waals surface area contributed by atoms with Crippen molar-refractivity contribution in [1.82, 2.24) is 15.6 Å². The van der Waals surface area contributed by atoms with Gasteiger partial charge in [-0.2, -0.15) is 0 Å². The number of H-pyrrole nitrogens is 1. The highest BCUT2D eigenvalue weighted by Gasteiger charge is 2.33. The third kappa shape index (κ3) is 3.70. The van der Waals surface area contributed by atoms with Crippen LogP contribution in [-0.4, -0.2) is 23.0 Å². The first kappa shape index (κ1) is 19.8. The number of amides is 3. The van der Waals surface area contributed by atoms with E-state index in [2.05, 4.69) is 15.6 Å². The van der Waals surface area contributed by atoms with Crippen LogP contribution < -0.4 is 16.2 Å². The van der Waals surface area contributed by atoms with Gasteiger partial charge in [0.2, 0.25) is 0 Å². The van der Waals surface area contributed by atoms with Gasteiger partial charge in [-0.05, 0) is 47.4 Å². The lowest BCUT2D eigenvalue weighted by molar-refractivity contribution is -0.120. The summed E-state index contributed by atoms with van der Waals surface area (Å²) in [6, 6.07) is 12.6. The molecule has 30 heavy (non-hydrogen) atoms. The number of aromatic nitrogens is 1. The molecule has 154 valence electrons. The second-order valence-electron chi connectivity index (χ2n) is 7.93. The number of hydrogen-bond acceptors (Lipinski definition) is 3. The summed E-state index contributed by atoms with van der Waals surface area (Å²) in [5, 5.41) is 6.09. The van der Waals surface area contributed by atoms with Gasteiger partial charge in [0.15, 0.2) is 0 Å². The number of imide groups is 1. The lowest BCUT2D eigenvalue weighted by Crippen LogP contribution is -2.33. The van der Waals surface area contributed by atoms with Crippen molar-refractivity contribution in [1.29, 1.82) is 0 Å². The van der Waals surface area contributed by atoms with Crippen LogP contribution in [0.5, 0.6) is 0 Å². The molecule has 1 aromatic heterocycles. The number of carbonyl (C=O) groups is 2. The summed E-state index contributed by atoms with van der Waals surface area (Å²) in [6.45, 7) is 3.94. The zero-order valence-electron chi connectivity index (χ0n) is 16.7. The predicted molar refractivity (Wildman–Crippen MR) is 113 cm³/mol. The molecule has 2 atom stereocenters. The van der Waals surface area contributed by atoms with Crippen LogP contribution in [0.2, 0.25) is 0 Å². The molecule has 0 spiro atoms. The molecule has 0 radical (unpaired) electrons. The highest BCUT2D eigenvalue weighted by atomic mass is 19.1. The number of fused-ring (bicyclic) bond motifs is 1. The number of rotatable bonds is 5. The molecule has 7 heteroatoms. The Morgan fingerprint density at radius 1 is 1.03 bits per heavy atom. The molecule has 1 aliphatic heterocycles. The molecule has 1 fully saturated rings. The van der Waals surface area contributed by atoms with E-state index in [1.165, 1.54) is 6.07 Å². The van der Waals surface area contributed by atoms with Crippen molar-refractivity contribution < 1.29 is 14.0 Å². The fourth-order valence-electron chi connectivity index (χ4n) is 3.98. The van der Waals surface area contributed by atoms with Crippen molar-refractivity contribution in [3.63, 3.8) is 0 Å². The normalized spacial score (nSPS) is 17.3. The van der Waals surface area contributed by atoms with Crippen molar-refractivity contribution in [3.05, 3.63) is 70.3 Å². The molecule has 0 aliphatic carbocycles. The van der Waals surface area contributed by atoms with E-state index in [0.29, 0.717) is 28.6 Å². The quantitative estimate of drug-likeness (QED) is 0.564. The van der Waals surface area contributed by atoms with Gasteiger partial charge in [-0.25, -0.2) is 9.18 Å². The summed E-state index contributed by atoms with van der Waals surface area (Å²) in [7, 11) is 0. The molecule has 0 saturated carbocycles. The fraction of sp³-hybridized carbons (Fsp3) is 0.261. The molecule has 3 N–H and O–H groups in total. The molecule has 3 aromatic rings. The van der Waals surface area contributed by atoms with E-state index in [1.54, 1.807) is 24.3 Å². The Bertz CT molecular complexity index is 1200. The summed E-state index contributed by atoms with van der Waals surface area (Å²) < 4.78 is 14.1. The van der Waals surface area contributed by atoms with E-state index in [4.69, 9.17) is 0 Å². The zero-order valence-corrected chi connectivity index (χ0v) is 16.7. The Balaban J connectivity index is 1.66. The average Bonchev–Trinajstić information content (AvgIpc) is 3.03. The molecular weight excluding hydrogens is 385 g/mol. The number of hydrogen-bond donors (Lipinski definition) is 3. The Morgan fingerprint density at radius 2 is 1.83 bits per heavy atom. The first-order valence-corrected chi connectivity index (χ1v) is 9.86. The van der Waals surface area contributed by atoms with Crippen LogP contribution in [0.25, 0.3) is 22.0 Å². The Hall–Kier alpha value is -3.48. The molecule has 2 heterocycles. The van der Waals surface area contributed by atoms with Gasteiger partial charge < -0.3 is 10.3 Å². The lowest BCUT2D eigenvalue weighted by atomic mass is 9.83. The molecule has 4 rings (SSSR count). The second-order valence-corrected chi connectivity index (χ2v) is 7.93. The van der Waals surface area contributed by atoms with Crippen LogP contribution >= 0.6 is 0 Å². The topological polar surface area (TPSA) is 91.1 Å². The van der Waals surface area contributed by atoms with Crippen molar-refractivity contribution in [2.45, 2.75) is 32.2 Å². The zero-order chi connectivity index (χ0) is 21.4. The third-order valence-electron chi connectivity index (χ3n) is 5.63. The Morgan fingerprint density at radius 3 is 2.50 bits per heavy atom. The van der Waals surface area contributed by atoms with Gasteiger partial charge >= 0.3 is 6.03 Å². The number of aromatic amines is 1. The van der Waals surface area contributed by atoms with Crippen LogP contribution in [0.3, 0.4) is 0 Å². The number of pyridine rings is 1. The number of halogens is 1. The van der Waals surface area contributed by atoms with Gasteiger partial charge in [-0.3, -0.25) is 14.9 Å². The lowest BCUT2D eigenvalue weighted by Gasteiger charge is -2.23. The van der Waals surface area contributed by atoms with Gasteiger partial charge in [-0.15, -0.1) is 0 Å². The number of benzene rings is 2. The van der Waals surface area contributed by atoms with Crippen molar-refractivity contribution in [3.8, 4) is 11.3 Å². The van der Waals surface area contributed by atoms with Crippen LogP contribution in [0.4, 0.5) is 9.18 Å². The molecule has 3 amide bonds. The van der Waals surface area contributed by atoms with E-state index in [1.807, 2.05) is 32.0 Å². The molecule has 1 aliphatic rings. The largest absolute Gasteiger partial charge is 0.326 e. The van der Waals surface area contributed by atoms with Crippen LogP contribution in [0.1, 0.15) is 31.7 Å². The van der Waals surface area contributed by atoms with Gasteiger partial charge in [0.1, 0.15) is 11.9 Å². The summed E-state index contributed by atoms with van der Waals surface area (Å²) in [5.41, 5.74) is 1.59. The van der Waals surface area contributed by atoms with Crippen molar-refractivity contribution in [2.75, 3.05) is 0 Å². The minimum atomic E-state index is -0.660. The third-order valence-corrected chi connectivity index (χ3v) is 5.63. The summed E-state index contributed by atoms with van der Waals surface area (Å²) in [6.07, 6.45) is 0.332. The van der Waals surface area contributed by atoms with Crippen LogP contribution in [-0.2, 0) is 4.79 Å². The smallest absolute Gasteiger partial charge is 0.322 e. The van der Waals surface area contributed by atoms with E-state index < -0.39 is 12.1 Å². The predicted octanol–water partition coefficient (Wildman–Crippen LogP) is 3.67. The minimum Gasteiger partial charge on any atom is -0.326 e. The average molecular weight is 407 g/mol. The molecule has 6 nitrogen and oxygen atoms in total. The Labute approximate surface area is 172 Å². The molecule has 2 unspecified atom stereocenters. The van der Waals surface area contributed by atoms with Crippen molar-refractivity contribution in [2.24, 2.45) is 5.92 Å². The Kier molecular flexibility index (Phi) is 5.11. The van der Waals surface area contributed by atoms with Gasteiger partial charge in [0.25, 0.3) is 11.5 Å². The van der Waals surface area contributed by atoms with Gasteiger partial charge in [0.05, 0.1) is 0 Å². The fourth-order valence-corrected chi connectivity index (χ4v) is 3.98. The highest BCUT2D eigenvalue weighted by Crippen LogP contribution is 2.29. The van der Waals surface area contributed by atoms with E-state index in [-0.39, 0.29) is 29.1 Å². The molecule has 0 bridgehead atoms. The molecule has 1 saturated heterocycles.